The molecule has 0 bridgehead atoms. The lowest BCUT2D eigenvalue weighted by atomic mass is 10.1. The number of unbranched alkanes of at least 4 members (excludes halogenated alkanes) is 1. The fourth-order valence-corrected chi connectivity index (χ4v) is 1.73. The van der Waals surface area contributed by atoms with Gasteiger partial charge in [0.1, 0.15) is 0 Å². The highest BCUT2D eigenvalue weighted by molar-refractivity contribution is 14.0. The average molecular weight is 405 g/mol. The highest BCUT2D eigenvalue weighted by atomic mass is 127. The number of hydrogen-bond donors (Lipinski definition) is 2. The molecule has 5 heteroatoms. The SMILES string of the molecule is CCCCOCCCN=C(N)Nc1ccc(CC)cc1.I. The molecule has 0 saturated carbocycles. The average Bonchev–Trinajstić information content (AvgIpc) is 2.47. The van der Waals surface area contributed by atoms with Gasteiger partial charge in [-0.2, -0.15) is 0 Å². The number of halogens is 1. The zero-order valence-corrected chi connectivity index (χ0v) is 15.4. The molecular formula is C16H28IN3O. The van der Waals surface area contributed by atoms with Gasteiger partial charge in [0.25, 0.3) is 0 Å². The number of hydrogen-bond acceptors (Lipinski definition) is 2. The lowest BCUT2D eigenvalue weighted by Gasteiger charge is -2.06. The lowest BCUT2D eigenvalue weighted by molar-refractivity contribution is 0.130. The first-order valence-corrected chi connectivity index (χ1v) is 7.49. The van der Waals surface area contributed by atoms with Gasteiger partial charge in [-0.05, 0) is 37.0 Å². The second-order valence-electron chi connectivity index (χ2n) is 4.76. The number of nitrogens with one attached hydrogen (secondary N) is 1. The van der Waals surface area contributed by atoms with Crippen molar-refractivity contribution in [1.82, 2.24) is 0 Å². The molecule has 1 rings (SSSR count). The minimum atomic E-state index is 0. The Kier molecular flexibility index (Phi) is 12.4. The number of anilines is 1. The Hall–Kier alpha value is -0.820. The van der Waals surface area contributed by atoms with Gasteiger partial charge in [0.15, 0.2) is 5.96 Å². The zero-order valence-electron chi connectivity index (χ0n) is 13.1. The van der Waals surface area contributed by atoms with Gasteiger partial charge in [-0.25, -0.2) is 0 Å². The predicted octanol–water partition coefficient (Wildman–Crippen LogP) is 3.80. The Bertz CT molecular complexity index is 393. The van der Waals surface area contributed by atoms with Crippen LogP contribution in [0.3, 0.4) is 0 Å². The van der Waals surface area contributed by atoms with E-state index >= 15 is 0 Å². The molecule has 120 valence electrons. The van der Waals surface area contributed by atoms with Crippen LogP contribution in [-0.2, 0) is 11.2 Å². The summed E-state index contributed by atoms with van der Waals surface area (Å²) in [5, 5.41) is 3.09. The third-order valence-electron chi connectivity index (χ3n) is 3.01. The summed E-state index contributed by atoms with van der Waals surface area (Å²) in [6.45, 7) is 6.59. The molecule has 0 aliphatic heterocycles. The maximum absolute atomic E-state index is 5.84. The van der Waals surface area contributed by atoms with Crippen LogP contribution in [-0.4, -0.2) is 25.7 Å². The van der Waals surface area contributed by atoms with Gasteiger partial charge >= 0.3 is 0 Å². The monoisotopic (exact) mass is 405 g/mol. The molecule has 0 saturated heterocycles. The van der Waals surface area contributed by atoms with Crippen LogP contribution in [0.1, 0.15) is 38.7 Å². The van der Waals surface area contributed by atoms with E-state index in [-0.39, 0.29) is 24.0 Å². The second kappa shape index (κ2) is 12.9. The molecule has 0 spiro atoms. The zero-order chi connectivity index (χ0) is 14.6. The summed E-state index contributed by atoms with van der Waals surface area (Å²) in [6.07, 6.45) is 4.25. The van der Waals surface area contributed by atoms with Gasteiger partial charge in [0.2, 0.25) is 0 Å². The highest BCUT2D eigenvalue weighted by Crippen LogP contribution is 2.09. The summed E-state index contributed by atoms with van der Waals surface area (Å²) in [6, 6.07) is 8.23. The first kappa shape index (κ1) is 20.2. The Morgan fingerprint density at radius 1 is 1.14 bits per heavy atom. The molecule has 1 aromatic carbocycles. The van der Waals surface area contributed by atoms with E-state index in [9.17, 15) is 0 Å². The predicted molar refractivity (Wildman–Crippen MR) is 102 cm³/mol. The number of benzene rings is 1. The van der Waals surface area contributed by atoms with Crippen LogP contribution >= 0.6 is 24.0 Å². The normalized spacial score (nSPS) is 11.0. The standard InChI is InChI=1S/C16H27N3O.HI/c1-3-5-12-20-13-6-11-18-16(17)19-15-9-7-14(4-2)8-10-15;/h7-10H,3-6,11-13H2,1-2H3,(H3,17,18,19);1H. The third-order valence-corrected chi connectivity index (χ3v) is 3.01. The molecule has 0 fully saturated rings. The largest absolute Gasteiger partial charge is 0.381 e. The number of guanidine groups is 1. The van der Waals surface area contributed by atoms with Crippen molar-refractivity contribution in [3.63, 3.8) is 0 Å². The van der Waals surface area contributed by atoms with Gasteiger partial charge in [-0.15, -0.1) is 24.0 Å². The number of aryl methyl sites for hydroxylation is 1. The molecule has 3 N–H and O–H groups in total. The fourth-order valence-electron chi connectivity index (χ4n) is 1.73. The summed E-state index contributed by atoms with van der Waals surface area (Å²) in [4.78, 5) is 4.28. The first-order valence-electron chi connectivity index (χ1n) is 7.49. The van der Waals surface area contributed by atoms with E-state index in [1.165, 1.54) is 12.0 Å². The van der Waals surface area contributed by atoms with Crippen LogP contribution in [0, 0.1) is 0 Å². The number of nitrogens with zero attached hydrogens (tertiary/aromatic N) is 1. The molecule has 0 aromatic heterocycles. The summed E-state index contributed by atoms with van der Waals surface area (Å²) in [5.74, 6) is 0.461. The van der Waals surface area contributed by atoms with Crippen molar-refractivity contribution in [1.29, 1.82) is 0 Å². The fraction of sp³-hybridized carbons (Fsp3) is 0.562. The third kappa shape index (κ3) is 9.68. The smallest absolute Gasteiger partial charge is 0.193 e. The number of nitrogens with two attached hydrogens (primary N) is 1. The van der Waals surface area contributed by atoms with E-state index in [1.807, 2.05) is 12.1 Å². The van der Waals surface area contributed by atoms with E-state index < -0.39 is 0 Å². The van der Waals surface area contributed by atoms with Crippen LogP contribution in [0.25, 0.3) is 0 Å². The lowest BCUT2D eigenvalue weighted by Crippen LogP contribution is -2.23. The molecular weight excluding hydrogens is 377 g/mol. The first-order chi connectivity index (χ1) is 9.76. The van der Waals surface area contributed by atoms with Crippen LogP contribution in [0.5, 0.6) is 0 Å². The van der Waals surface area contributed by atoms with Gasteiger partial charge in [0, 0.05) is 25.4 Å². The maximum atomic E-state index is 5.84. The van der Waals surface area contributed by atoms with Crippen molar-refractivity contribution in [2.45, 2.75) is 39.5 Å². The molecule has 0 atom stereocenters. The molecule has 0 unspecified atom stereocenters. The molecule has 0 aliphatic carbocycles. The molecule has 0 radical (unpaired) electrons. The van der Waals surface area contributed by atoms with Gasteiger partial charge in [-0.3, -0.25) is 4.99 Å². The molecule has 0 heterocycles. The summed E-state index contributed by atoms with van der Waals surface area (Å²) < 4.78 is 5.47. The van der Waals surface area contributed by atoms with Gasteiger partial charge < -0.3 is 15.8 Å². The minimum absolute atomic E-state index is 0. The Morgan fingerprint density at radius 2 is 1.81 bits per heavy atom. The van der Waals surface area contributed by atoms with Crippen LogP contribution in [0.15, 0.2) is 29.3 Å². The van der Waals surface area contributed by atoms with Crippen molar-refractivity contribution in [2.24, 2.45) is 10.7 Å². The van der Waals surface area contributed by atoms with Crippen LogP contribution in [0.2, 0.25) is 0 Å². The van der Waals surface area contributed by atoms with Gasteiger partial charge in [-0.1, -0.05) is 32.4 Å². The van der Waals surface area contributed by atoms with E-state index in [1.54, 1.807) is 0 Å². The summed E-state index contributed by atoms with van der Waals surface area (Å²) >= 11 is 0. The Morgan fingerprint density at radius 3 is 2.43 bits per heavy atom. The molecule has 1 aromatic rings. The Balaban J connectivity index is 0.00000400. The molecule has 4 nitrogen and oxygen atoms in total. The van der Waals surface area contributed by atoms with Crippen molar-refractivity contribution in [3.05, 3.63) is 29.8 Å². The van der Waals surface area contributed by atoms with Crippen molar-refractivity contribution in [2.75, 3.05) is 25.1 Å². The summed E-state index contributed by atoms with van der Waals surface area (Å²) in [7, 11) is 0. The molecule has 0 amide bonds. The number of ether oxygens (including phenoxy) is 1. The number of rotatable bonds is 9. The summed E-state index contributed by atoms with van der Waals surface area (Å²) in [5.41, 5.74) is 8.13. The van der Waals surface area contributed by atoms with Crippen LogP contribution < -0.4 is 11.1 Å². The van der Waals surface area contributed by atoms with Gasteiger partial charge in [0.05, 0.1) is 0 Å². The molecule has 21 heavy (non-hydrogen) atoms. The minimum Gasteiger partial charge on any atom is -0.381 e. The number of aliphatic imine (C=N–C) groups is 1. The maximum Gasteiger partial charge on any atom is 0.193 e. The van der Waals surface area contributed by atoms with Crippen molar-refractivity contribution in [3.8, 4) is 0 Å². The van der Waals surface area contributed by atoms with E-state index in [0.717, 1.165) is 38.2 Å². The van der Waals surface area contributed by atoms with Crippen LogP contribution in [0.4, 0.5) is 5.69 Å². The molecule has 0 aliphatic rings. The highest BCUT2D eigenvalue weighted by Gasteiger charge is 1.95. The van der Waals surface area contributed by atoms with Crippen molar-refractivity contribution < 1.29 is 4.74 Å². The van der Waals surface area contributed by atoms with E-state index in [0.29, 0.717) is 12.5 Å². The van der Waals surface area contributed by atoms with E-state index in [4.69, 9.17) is 10.5 Å². The van der Waals surface area contributed by atoms with Crippen molar-refractivity contribution >= 4 is 35.6 Å². The Labute approximate surface area is 145 Å². The topological polar surface area (TPSA) is 59.6 Å². The second-order valence-corrected chi connectivity index (χ2v) is 4.76. The quantitative estimate of drug-likeness (QED) is 0.284. The van der Waals surface area contributed by atoms with E-state index in [2.05, 4.69) is 36.3 Å².